The Morgan fingerprint density at radius 1 is 1.30 bits per heavy atom. The summed E-state index contributed by atoms with van der Waals surface area (Å²) in [6.45, 7) is 6.18. The van der Waals surface area contributed by atoms with Gasteiger partial charge in [0.2, 0.25) is 0 Å². The van der Waals surface area contributed by atoms with Crippen LogP contribution in [0.15, 0.2) is 22.8 Å². The van der Waals surface area contributed by atoms with Crippen molar-refractivity contribution in [3.05, 3.63) is 28.5 Å². The second-order valence-corrected chi connectivity index (χ2v) is 6.39. The maximum Gasteiger partial charge on any atom is 0.159 e. The Labute approximate surface area is 129 Å². The summed E-state index contributed by atoms with van der Waals surface area (Å²) in [4.78, 5) is 19.6. The van der Waals surface area contributed by atoms with Crippen molar-refractivity contribution in [2.75, 3.05) is 13.1 Å². The van der Waals surface area contributed by atoms with E-state index in [-0.39, 0.29) is 5.54 Å². The normalized spacial score (nSPS) is 17.6. The van der Waals surface area contributed by atoms with Crippen molar-refractivity contribution in [2.24, 2.45) is 0 Å². The Kier molecular flexibility index (Phi) is 5.33. The second kappa shape index (κ2) is 6.81. The maximum atomic E-state index is 12.9. The molecule has 0 aliphatic heterocycles. The summed E-state index contributed by atoms with van der Waals surface area (Å²) in [5, 5.41) is 0. The van der Waals surface area contributed by atoms with Crippen molar-refractivity contribution in [2.45, 2.75) is 51.5 Å². The molecular weight excluding hydrogens is 316 g/mol. The van der Waals surface area contributed by atoms with Gasteiger partial charge in [-0.05, 0) is 54.0 Å². The standard InChI is InChI=1S/C16H23BrN2O/c1-3-19(4-2)16(9-5-6-10-16)15(20)11-14-8-7-13(17)12-18-14/h7-8,12H,3-6,9-11H2,1-2H3. The number of hydrogen-bond acceptors (Lipinski definition) is 3. The highest BCUT2D eigenvalue weighted by atomic mass is 79.9. The van der Waals surface area contributed by atoms with Gasteiger partial charge >= 0.3 is 0 Å². The van der Waals surface area contributed by atoms with Crippen LogP contribution in [0, 0.1) is 0 Å². The summed E-state index contributed by atoms with van der Waals surface area (Å²) in [6.07, 6.45) is 6.55. The number of likely N-dealkylation sites (N-methyl/N-ethyl adjacent to an activating group) is 1. The van der Waals surface area contributed by atoms with Crippen LogP contribution in [0.5, 0.6) is 0 Å². The van der Waals surface area contributed by atoms with Crippen molar-refractivity contribution in [1.29, 1.82) is 0 Å². The minimum absolute atomic E-state index is 0.238. The van der Waals surface area contributed by atoms with E-state index < -0.39 is 0 Å². The van der Waals surface area contributed by atoms with Gasteiger partial charge in [-0.2, -0.15) is 0 Å². The number of rotatable bonds is 6. The van der Waals surface area contributed by atoms with E-state index in [9.17, 15) is 4.79 Å². The topological polar surface area (TPSA) is 33.2 Å². The van der Waals surface area contributed by atoms with Gasteiger partial charge in [0.25, 0.3) is 0 Å². The first-order valence-electron chi connectivity index (χ1n) is 7.51. The maximum absolute atomic E-state index is 12.9. The molecule has 20 heavy (non-hydrogen) atoms. The average molecular weight is 339 g/mol. The quantitative estimate of drug-likeness (QED) is 0.794. The Morgan fingerprint density at radius 3 is 2.45 bits per heavy atom. The summed E-state index contributed by atoms with van der Waals surface area (Å²) in [7, 11) is 0. The van der Waals surface area contributed by atoms with E-state index in [1.807, 2.05) is 12.1 Å². The molecule has 0 unspecified atom stereocenters. The lowest BCUT2D eigenvalue weighted by molar-refractivity contribution is -0.130. The van der Waals surface area contributed by atoms with Crippen LogP contribution in [0.4, 0.5) is 0 Å². The van der Waals surface area contributed by atoms with Gasteiger partial charge in [0.05, 0.1) is 12.0 Å². The molecule has 3 nitrogen and oxygen atoms in total. The van der Waals surface area contributed by atoms with Crippen LogP contribution in [-0.4, -0.2) is 34.3 Å². The monoisotopic (exact) mass is 338 g/mol. The zero-order valence-electron chi connectivity index (χ0n) is 12.4. The number of ketones is 1. The molecule has 0 saturated heterocycles. The molecule has 0 radical (unpaired) electrons. The van der Waals surface area contributed by atoms with Gasteiger partial charge in [-0.3, -0.25) is 14.7 Å². The van der Waals surface area contributed by atoms with Gasteiger partial charge in [-0.1, -0.05) is 26.7 Å². The predicted molar refractivity (Wildman–Crippen MR) is 84.8 cm³/mol. The molecule has 1 saturated carbocycles. The predicted octanol–water partition coefficient (Wildman–Crippen LogP) is 3.61. The highest BCUT2D eigenvalue weighted by Gasteiger charge is 2.44. The van der Waals surface area contributed by atoms with E-state index >= 15 is 0 Å². The highest BCUT2D eigenvalue weighted by Crippen LogP contribution is 2.36. The lowest BCUT2D eigenvalue weighted by atomic mass is 9.87. The molecule has 0 spiro atoms. The Bertz CT molecular complexity index is 448. The van der Waals surface area contributed by atoms with Gasteiger partial charge in [0.1, 0.15) is 0 Å². The molecule has 1 heterocycles. The van der Waals surface area contributed by atoms with Crippen LogP contribution in [0.3, 0.4) is 0 Å². The molecular formula is C16H23BrN2O. The number of Topliss-reactive ketones (excluding diaryl/α,β-unsaturated/α-hetero) is 1. The Hall–Kier alpha value is -0.740. The van der Waals surface area contributed by atoms with Crippen LogP contribution < -0.4 is 0 Å². The van der Waals surface area contributed by atoms with Crippen LogP contribution >= 0.6 is 15.9 Å². The van der Waals surface area contributed by atoms with Crippen molar-refractivity contribution < 1.29 is 4.79 Å². The number of pyridine rings is 1. The first kappa shape index (κ1) is 15.6. The third-order valence-corrected chi connectivity index (χ3v) is 4.92. The van der Waals surface area contributed by atoms with E-state index in [1.165, 1.54) is 0 Å². The van der Waals surface area contributed by atoms with E-state index in [4.69, 9.17) is 0 Å². The SMILES string of the molecule is CCN(CC)C1(C(=O)Cc2ccc(Br)cn2)CCCC1. The zero-order valence-corrected chi connectivity index (χ0v) is 13.9. The smallest absolute Gasteiger partial charge is 0.159 e. The molecule has 0 aromatic carbocycles. The summed E-state index contributed by atoms with van der Waals surface area (Å²) in [5.74, 6) is 0.341. The number of aromatic nitrogens is 1. The fourth-order valence-corrected chi connectivity index (χ4v) is 3.63. The van der Waals surface area contributed by atoms with E-state index in [0.29, 0.717) is 12.2 Å². The zero-order chi connectivity index (χ0) is 14.6. The Balaban J connectivity index is 2.17. The molecule has 1 aliphatic rings. The molecule has 4 heteroatoms. The Morgan fingerprint density at radius 2 is 1.95 bits per heavy atom. The van der Waals surface area contributed by atoms with Crippen molar-refractivity contribution >= 4 is 21.7 Å². The fourth-order valence-electron chi connectivity index (χ4n) is 3.40. The molecule has 0 bridgehead atoms. The summed E-state index contributed by atoms with van der Waals surface area (Å²) < 4.78 is 0.952. The second-order valence-electron chi connectivity index (χ2n) is 5.48. The van der Waals surface area contributed by atoms with Crippen LogP contribution in [0.1, 0.15) is 45.2 Å². The first-order chi connectivity index (χ1) is 9.62. The van der Waals surface area contributed by atoms with Crippen LogP contribution in [0.2, 0.25) is 0 Å². The van der Waals surface area contributed by atoms with E-state index in [1.54, 1.807) is 6.20 Å². The van der Waals surface area contributed by atoms with Gasteiger partial charge in [0, 0.05) is 16.4 Å². The molecule has 1 fully saturated rings. The number of carbonyl (C=O) groups excluding carboxylic acids is 1. The lowest BCUT2D eigenvalue weighted by Crippen LogP contribution is -2.53. The molecule has 1 aliphatic carbocycles. The summed E-state index contributed by atoms with van der Waals surface area (Å²) in [6, 6.07) is 3.89. The van der Waals surface area contributed by atoms with Gasteiger partial charge < -0.3 is 0 Å². The average Bonchev–Trinajstić information content (AvgIpc) is 2.93. The summed E-state index contributed by atoms with van der Waals surface area (Å²) >= 11 is 3.38. The van der Waals surface area contributed by atoms with Gasteiger partial charge in [-0.15, -0.1) is 0 Å². The molecule has 0 N–H and O–H groups in total. The van der Waals surface area contributed by atoms with Crippen molar-refractivity contribution in [1.82, 2.24) is 9.88 Å². The minimum Gasteiger partial charge on any atom is -0.297 e. The van der Waals surface area contributed by atoms with Crippen molar-refractivity contribution in [3.8, 4) is 0 Å². The molecule has 1 aromatic rings. The number of carbonyl (C=O) groups is 1. The molecule has 0 amide bonds. The molecule has 1 aromatic heterocycles. The van der Waals surface area contributed by atoms with E-state index in [0.717, 1.165) is 48.9 Å². The molecule has 0 atom stereocenters. The largest absolute Gasteiger partial charge is 0.297 e. The summed E-state index contributed by atoms with van der Waals surface area (Å²) in [5.41, 5.74) is 0.634. The minimum atomic E-state index is -0.238. The number of halogens is 1. The highest BCUT2D eigenvalue weighted by molar-refractivity contribution is 9.10. The van der Waals surface area contributed by atoms with Crippen LogP contribution in [0.25, 0.3) is 0 Å². The van der Waals surface area contributed by atoms with E-state index in [2.05, 4.69) is 39.7 Å². The third kappa shape index (κ3) is 3.12. The van der Waals surface area contributed by atoms with Gasteiger partial charge in [0.15, 0.2) is 5.78 Å². The molecule has 110 valence electrons. The number of hydrogen-bond donors (Lipinski definition) is 0. The third-order valence-electron chi connectivity index (χ3n) is 4.45. The van der Waals surface area contributed by atoms with Crippen LogP contribution in [-0.2, 0) is 11.2 Å². The van der Waals surface area contributed by atoms with Crippen molar-refractivity contribution in [3.63, 3.8) is 0 Å². The fraction of sp³-hybridized carbons (Fsp3) is 0.625. The first-order valence-corrected chi connectivity index (χ1v) is 8.30. The van der Waals surface area contributed by atoms with Gasteiger partial charge in [-0.25, -0.2) is 0 Å². The lowest BCUT2D eigenvalue weighted by Gasteiger charge is -2.39. The molecule has 2 rings (SSSR count). The number of nitrogens with zero attached hydrogens (tertiary/aromatic N) is 2.